The molecular formula is C30H26N2O6S. The molecule has 0 radical (unpaired) electrons. The number of hydrogen-bond donors (Lipinski definition) is 0. The second kappa shape index (κ2) is 10.1. The van der Waals surface area contributed by atoms with Crippen molar-refractivity contribution in [2.24, 2.45) is 4.99 Å². The Bertz CT molecular complexity index is 1830. The van der Waals surface area contributed by atoms with Gasteiger partial charge in [0.2, 0.25) is 6.79 Å². The van der Waals surface area contributed by atoms with Crippen LogP contribution in [0.2, 0.25) is 0 Å². The number of nitrogens with zero attached hydrogens (tertiary/aromatic N) is 2. The lowest BCUT2D eigenvalue weighted by Crippen LogP contribution is -2.39. The SMILES string of the molecule is CCOC(=O)C1=C(C)N=c2s/c(=C/c3c(OCC)ccc4ccccc34)c(=O)n2[C@H]1c1ccc2c(c1)OCO2. The topological polar surface area (TPSA) is 88.4 Å². The number of carbonyl (C=O) groups excluding carboxylic acids is 1. The highest BCUT2D eigenvalue weighted by Gasteiger charge is 2.34. The number of fused-ring (bicyclic) bond motifs is 3. The third-order valence-electron chi connectivity index (χ3n) is 6.74. The first-order valence-electron chi connectivity index (χ1n) is 12.7. The molecule has 1 atom stereocenters. The average Bonchev–Trinajstić information content (AvgIpc) is 3.53. The number of aromatic nitrogens is 1. The van der Waals surface area contributed by atoms with Gasteiger partial charge in [-0.3, -0.25) is 9.36 Å². The Balaban J connectivity index is 1.59. The monoisotopic (exact) mass is 542 g/mol. The van der Waals surface area contributed by atoms with Crippen LogP contribution in [0.4, 0.5) is 0 Å². The molecule has 3 aromatic carbocycles. The number of rotatable bonds is 6. The molecule has 2 aliphatic rings. The number of hydrogen-bond acceptors (Lipinski definition) is 8. The molecule has 198 valence electrons. The fraction of sp³-hybridized carbons (Fsp3) is 0.233. The van der Waals surface area contributed by atoms with Crippen molar-refractivity contribution < 1.29 is 23.7 Å². The summed E-state index contributed by atoms with van der Waals surface area (Å²) in [6, 6.07) is 16.6. The van der Waals surface area contributed by atoms with Gasteiger partial charge in [-0.05, 0) is 61.4 Å². The van der Waals surface area contributed by atoms with Gasteiger partial charge in [0, 0.05) is 5.56 Å². The molecule has 0 aliphatic carbocycles. The van der Waals surface area contributed by atoms with Gasteiger partial charge in [-0.25, -0.2) is 9.79 Å². The van der Waals surface area contributed by atoms with Gasteiger partial charge in [-0.15, -0.1) is 0 Å². The number of esters is 1. The Labute approximate surface area is 228 Å². The van der Waals surface area contributed by atoms with Crippen LogP contribution in [-0.4, -0.2) is 30.5 Å². The molecule has 6 rings (SSSR count). The predicted molar refractivity (Wildman–Crippen MR) is 148 cm³/mol. The van der Waals surface area contributed by atoms with E-state index in [1.54, 1.807) is 30.5 Å². The normalized spacial score (nSPS) is 16.3. The average molecular weight is 543 g/mol. The Hall–Kier alpha value is -4.37. The van der Waals surface area contributed by atoms with Gasteiger partial charge >= 0.3 is 5.97 Å². The maximum atomic E-state index is 14.1. The first kappa shape index (κ1) is 24.9. The molecule has 39 heavy (non-hydrogen) atoms. The van der Waals surface area contributed by atoms with Crippen LogP contribution in [0.3, 0.4) is 0 Å². The van der Waals surface area contributed by atoms with Crippen LogP contribution < -0.4 is 29.1 Å². The molecule has 0 bridgehead atoms. The van der Waals surface area contributed by atoms with Crippen molar-refractivity contribution in [2.45, 2.75) is 26.8 Å². The Morgan fingerprint density at radius 2 is 1.92 bits per heavy atom. The second-order valence-electron chi connectivity index (χ2n) is 9.05. The highest BCUT2D eigenvalue weighted by atomic mass is 32.1. The summed E-state index contributed by atoms with van der Waals surface area (Å²) in [5.74, 6) is 1.36. The maximum Gasteiger partial charge on any atom is 0.338 e. The molecule has 9 heteroatoms. The number of carbonyl (C=O) groups is 1. The van der Waals surface area contributed by atoms with E-state index in [1.807, 2.05) is 55.5 Å². The van der Waals surface area contributed by atoms with E-state index in [9.17, 15) is 9.59 Å². The standard InChI is InChI=1S/C30H26N2O6S/c1-4-35-22-12-10-18-8-6-7-9-20(18)21(22)15-25-28(33)32-27(19-11-13-23-24(14-19)38-16-37-23)26(29(34)36-5-2)17(3)31-30(32)39-25/h6-15,27H,4-5,16H2,1-3H3/b25-15+/t27-/m0/s1. The van der Waals surface area contributed by atoms with E-state index in [0.29, 0.717) is 50.0 Å². The van der Waals surface area contributed by atoms with Gasteiger partial charge in [0.25, 0.3) is 5.56 Å². The lowest BCUT2D eigenvalue weighted by molar-refractivity contribution is -0.139. The number of ether oxygens (including phenoxy) is 4. The molecule has 0 N–H and O–H groups in total. The first-order valence-corrected chi connectivity index (χ1v) is 13.6. The van der Waals surface area contributed by atoms with Crippen LogP contribution in [0.15, 0.2) is 75.7 Å². The van der Waals surface area contributed by atoms with E-state index >= 15 is 0 Å². The van der Waals surface area contributed by atoms with E-state index in [1.165, 1.54) is 11.3 Å². The summed E-state index contributed by atoms with van der Waals surface area (Å²) in [6.07, 6.45) is 1.86. The van der Waals surface area contributed by atoms with E-state index < -0.39 is 12.0 Å². The van der Waals surface area contributed by atoms with E-state index in [-0.39, 0.29) is 19.0 Å². The quantitative estimate of drug-likeness (QED) is 0.341. The van der Waals surface area contributed by atoms with Crippen LogP contribution in [0, 0.1) is 0 Å². The van der Waals surface area contributed by atoms with Crippen LogP contribution in [0.25, 0.3) is 16.8 Å². The molecule has 4 aromatic rings. The van der Waals surface area contributed by atoms with Crippen molar-refractivity contribution in [3.63, 3.8) is 0 Å². The molecule has 0 amide bonds. The van der Waals surface area contributed by atoms with Crippen LogP contribution >= 0.6 is 11.3 Å². The molecule has 3 heterocycles. The van der Waals surface area contributed by atoms with Crippen molar-refractivity contribution in [3.8, 4) is 17.2 Å². The van der Waals surface area contributed by atoms with Gasteiger partial charge in [-0.2, -0.15) is 0 Å². The molecule has 0 fully saturated rings. The van der Waals surface area contributed by atoms with Gasteiger partial charge < -0.3 is 18.9 Å². The van der Waals surface area contributed by atoms with Gasteiger partial charge in [0.05, 0.1) is 35.1 Å². The summed E-state index contributed by atoms with van der Waals surface area (Å²) in [6.45, 7) is 6.26. The van der Waals surface area contributed by atoms with Crippen molar-refractivity contribution in [1.29, 1.82) is 0 Å². The van der Waals surface area contributed by atoms with Crippen LogP contribution in [0.1, 0.15) is 37.9 Å². The number of benzene rings is 3. The Kier molecular flexibility index (Phi) is 6.44. The molecule has 0 saturated heterocycles. The maximum absolute atomic E-state index is 14.1. The molecule has 1 aromatic heterocycles. The molecular weight excluding hydrogens is 516 g/mol. The molecule has 0 saturated carbocycles. The second-order valence-corrected chi connectivity index (χ2v) is 10.1. The predicted octanol–water partition coefficient (Wildman–Crippen LogP) is 4.08. The summed E-state index contributed by atoms with van der Waals surface area (Å²) < 4.78 is 24.4. The Morgan fingerprint density at radius 3 is 2.74 bits per heavy atom. The largest absolute Gasteiger partial charge is 0.493 e. The van der Waals surface area contributed by atoms with Crippen molar-refractivity contribution in [1.82, 2.24) is 4.57 Å². The van der Waals surface area contributed by atoms with Crippen LogP contribution in [-0.2, 0) is 9.53 Å². The van der Waals surface area contributed by atoms with E-state index in [4.69, 9.17) is 18.9 Å². The van der Waals surface area contributed by atoms with Gasteiger partial charge in [-0.1, -0.05) is 47.7 Å². The zero-order valence-electron chi connectivity index (χ0n) is 21.7. The van der Waals surface area contributed by atoms with Crippen molar-refractivity contribution in [3.05, 3.63) is 96.7 Å². The lowest BCUT2D eigenvalue weighted by atomic mass is 9.95. The summed E-state index contributed by atoms with van der Waals surface area (Å²) in [5.41, 5.74) is 2.08. The van der Waals surface area contributed by atoms with Crippen molar-refractivity contribution in [2.75, 3.05) is 20.0 Å². The van der Waals surface area contributed by atoms with E-state index in [2.05, 4.69) is 4.99 Å². The molecule has 0 unspecified atom stereocenters. The highest BCUT2D eigenvalue weighted by molar-refractivity contribution is 7.07. The first-order chi connectivity index (χ1) is 19.0. The third-order valence-corrected chi connectivity index (χ3v) is 7.72. The molecule has 8 nitrogen and oxygen atoms in total. The fourth-order valence-electron chi connectivity index (χ4n) is 5.03. The Morgan fingerprint density at radius 1 is 1.10 bits per heavy atom. The van der Waals surface area contributed by atoms with Crippen molar-refractivity contribution >= 4 is 34.2 Å². The third kappa shape index (κ3) is 4.28. The summed E-state index contributed by atoms with van der Waals surface area (Å²) in [5, 5.41) is 2.02. The zero-order chi connectivity index (χ0) is 27.1. The van der Waals surface area contributed by atoms with Gasteiger partial charge in [0.1, 0.15) is 5.75 Å². The minimum atomic E-state index is -0.740. The smallest absolute Gasteiger partial charge is 0.338 e. The zero-order valence-corrected chi connectivity index (χ0v) is 22.5. The highest BCUT2D eigenvalue weighted by Crippen LogP contribution is 2.38. The van der Waals surface area contributed by atoms with Gasteiger partial charge in [0.15, 0.2) is 16.3 Å². The number of thiazole rings is 1. The lowest BCUT2D eigenvalue weighted by Gasteiger charge is -2.24. The summed E-state index contributed by atoms with van der Waals surface area (Å²) in [4.78, 5) is 32.4. The molecule has 0 spiro atoms. The molecule has 2 aliphatic heterocycles. The summed E-state index contributed by atoms with van der Waals surface area (Å²) >= 11 is 1.28. The van der Waals surface area contributed by atoms with Crippen LogP contribution in [0.5, 0.6) is 17.2 Å². The fourth-order valence-corrected chi connectivity index (χ4v) is 6.06. The minimum absolute atomic E-state index is 0.119. The van der Waals surface area contributed by atoms with E-state index in [0.717, 1.165) is 16.3 Å². The summed E-state index contributed by atoms with van der Waals surface area (Å²) in [7, 11) is 0. The number of allylic oxidation sites excluding steroid dienone is 1. The minimum Gasteiger partial charge on any atom is -0.493 e.